The summed E-state index contributed by atoms with van der Waals surface area (Å²) in [5, 5.41) is 6.44. The average molecular weight is 478 g/mol. The Bertz CT molecular complexity index is 2120. The predicted molar refractivity (Wildman–Crippen MR) is 149 cm³/mol. The quantitative estimate of drug-likeness (QED) is 0.254. The SMILES string of the molecule is c1ccc2c(N(c3ccc4oc5ncccc5c4c3)c3cccc4c3oc3cnccc34)cccc2c1. The van der Waals surface area contributed by atoms with Crippen LogP contribution >= 0.6 is 0 Å². The van der Waals surface area contributed by atoms with Gasteiger partial charge in [0.1, 0.15) is 5.58 Å². The maximum atomic E-state index is 6.43. The highest BCUT2D eigenvalue weighted by atomic mass is 16.3. The van der Waals surface area contributed by atoms with Gasteiger partial charge >= 0.3 is 0 Å². The zero-order chi connectivity index (χ0) is 24.3. The third-order valence-electron chi connectivity index (χ3n) is 7.02. The number of hydrogen-bond acceptors (Lipinski definition) is 5. The van der Waals surface area contributed by atoms with E-state index in [0.717, 1.165) is 60.7 Å². The third-order valence-corrected chi connectivity index (χ3v) is 7.02. The lowest BCUT2D eigenvalue weighted by atomic mass is 10.0. The molecule has 4 aromatic carbocycles. The first-order valence-corrected chi connectivity index (χ1v) is 12.2. The van der Waals surface area contributed by atoms with Crippen LogP contribution in [-0.2, 0) is 0 Å². The molecule has 4 aromatic heterocycles. The van der Waals surface area contributed by atoms with Crippen molar-refractivity contribution in [1.29, 1.82) is 0 Å². The molecule has 0 N–H and O–H groups in total. The maximum Gasteiger partial charge on any atom is 0.227 e. The zero-order valence-electron chi connectivity index (χ0n) is 19.6. The third kappa shape index (κ3) is 2.98. The maximum absolute atomic E-state index is 6.43. The van der Waals surface area contributed by atoms with Gasteiger partial charge < -0.3 is 13.7 Å². The fourth-order valence-electron chi connectivity index (χ4n) is 5.36. The lowest BCUT2D eigenvalue weighted by molar-refractivity contribution is 0.654. The molecule has 4 heterocycles. The number of para-hydroxylation sites is 1. The van der Waals surface area contributed by atoms with Gasteiger partial charge in [0, 0.05) is 45.0 Å². The van der Waals surface area contributed by atoms with Crippen LogP contribution in [-0.4, -0.2) is 9.97 Å². The fraction of sp³-hybridized carbons (Fsp3) is 0. The van der Waals surface area contributed by atoms with Crippen molar-refractivity contribution >= 4 is 71.8 Å². The van der Waals surface area contributed by atoms with Crippen molar-refractivity contribution in [3.05, 3.63) is 116 Å². The number of pyridine rings is 2. The number of anilines is 3. The van der Waals surface area contributed by atoms with Crippen LogP contribution in [0, 0.1) is 0 Å². The number of aromatic nitrogens is 2. The second kappa shape index (κ2) is 7.67. The Morgan fingerprint density at radius 1 is 0.568 bits per heavy atom. The first-order valence-electron chi connectivity index (χ1n) is 12.2. The van der Waals surface area contributed by atoms with Crippen LogP contribution < -0.4 is 4.90 Å². The topological polar surface area (TPSA) is 55.3 Å². The molecule has 8 rings (SSSR count). The van der Waals surface area contributed by atoms with Crippen molar-refractivity contribution in [1.82, 2.24) is 9.97 Å². The van der Waals surface area contributed by atoms with E-state index in [-0.39, 0.29) is 0 Å². The van der Waals surface area contributed by atoms with Crippen LogP contribution in [0.4, 0.5) is 17.1 Å². The second-order valence-electron chi connectivity index (χ2n) is 9.10. The minimum Gasteiger partial charge on any atom is -0.452 e. The molecule has 0 spiro atoms. The second-order valence-corrected chi connectivity index (χ2v) is 9.10. The van der Waals surface area contributed by atoms with Gasteiger partial charge in [-0.25, -0.2) is 4.98 Å². The molecule has 174 valence electrons. The molecule has 0 radical (unpaired) electrons. The van der Waals surface area contributed by atoms with Gasteiger partial charge in [0.25, 0.3) is 0 Å². The van der Waals surface area contributed by atoms with E-state index in [0.29, 0.717) is 5.71 Å². The van der Waals surface area contributed by atoms with Gasteiger partial charge in [-0.2, -0.15) is 0 Å². The van der Waals surface area contributed by atoms with Gasteiger partial charge in [-0.3, -0.25) is 4.98 Å². The van der Waals surface area contributed by atoms with E-state index < -0.39 is 0 Å². The molecular weight excluding hydrogens is 458 g/mol. The van der Waals surface area contributed by atoms with Crippen molar-refractivity contribution in [2.24, 2.45) is 0 Å². The van der Waals surface area contributed by atoms with E-state index in [1.54, 1.807) is 18.6 Å². The normalized spacial score (nSPS) is 11.8. The molecule has 0 saturated carbocycles. The molecule has 5 heteroatoms. The van der Waals surface area contributed by atoms with Crippen molar-refractivity contribution in [2.45, 2.75) is 0 Å². The van der Waals surface area contributed by atoms with Crippen molar-refractivity contribution in [2.75, 3.05) is 4.90 Å². The lowest BCUT2D eigenvalue weighted by Crippen LogP contribution is -2.10. The Kier molecular flexibility index (Phi) is 4.16. The molecule has 0 unspecified atom stereocenters. The van der Waals surface area contributed by atoms with Gasteiger partial charge in [-0.1, -0.05) is 48.5 Å². The summed E-state index contributed by atoms with van der Waals surface area (Å²) in [6.07, 6.45) is 5.33. The molecule has 0 aliphatic carbocycles. The Labute approximate surface area is 211 Å². The summed E-state index contributed by atoms with van der Waals surface area (Å²) >= 11 is 0. The number of furan rings is 2. The van der Waals surface area contributed by atoms with Gasteiger partial charge in [-0.05, 0) is 53.9 Å². The molecule has 0 saturated heterocycles. The number of hydrogen-bond donors (Lipinski definition) is 0. The molecule has 8 aromatic rings. The van der Waals surface area contributed by atoms with Crippen molar-refractivity contribution in [3.8, 4) is 0 Å². The van der Waals surface area contributed by atoms with Crippen LogP contribution in [0.5, 0.6) is 0 Å². The lowest BCUT2D eigenvalue weighted by Gasteiger charge is -2.27. The summed E-state index contributed by atoms with van der Waals surface area (Å²) in [5.74, 6) is 0. The zero-order valence-corrected chi connectivity index (χ0v) is 19.6. The summed E-state index contributed by atoms with van der Waals surface area (Å²) in [6.45, 7) is 0. The predicted octanol–water partition coefficient (Wildman–Crippen LogP) is 8.90. The van der Waals surface area contributed by atoms with Gasteiger partial charge in [-0.15, -0.1) is 0 Å². The summed E-state index contributed by atoms with van der Waals surface area (Å²) < 4.78 is 12.5. The number of nitrogens with zero attached hydrogens (tertiary/aromatic N) is 3. The molecule has 0 atom stereocenters. The van der Waals surface area contributed by atoms with Crippen molar-refractivity contribution in [3.63, 3.8) is 0 Å². The van der Waals surface area contributed by atoms with E-state index in [2.05, 4.69) is 87.7 Å². The first-order chi connectivity index (χ1) is 18.3. The Hall–Kier alpha value is -5.16. The fourth-order valence-corrected chi connectivity index (χ4v) is 5.36. The molecular formula is C32H19N3O2. The molecule has 0 aliphatic rings. The molecule has 0 fully saturated rings. The van der Waals surface area contributed by atoms with Crippen molar-refractivity contribution < 1.29 is 8.83 Å². The largest absolute Gasteiger partial charge is 0.452 e. The van der Waals surface area contributed by atoms with E-state index >= 15 is 0 Å². The highest BCUT2D eigenvalue weighted by Gasteiger charge is 2.21. The van der Waals surface area contributed by atoms with Gasteiger partial charge in [0.15, 0.2) is 11.2 Å². The summed E-state index contributed by atoms with van der Waals surface area (Å²) in [4.78, 5) is 11.0. The van der Waals surface area contributed by atoms with Gasteiger partial charge in [0.2, 0.25) is 5.71 Å². The smallest absolute Gasteiger partial charge is 0.227 e. The van der Waals surface area contributed by atoms with Crippen LogP contribution in [0.3, 0.4) is 0 Å². The minimum atomic E-state index is 0.637. The highest BCUT2D eigenvalue weighted by molar-refractivity contribution is 6.12. The Balaban J connectivity index is 1.47. The van der Waals surface area contributed by atoms with Crippen LogP contribution in [0.2, 0.25) is 0 Å². The molecule has 37 heavy (non-hydrogen) atoms. The van der Waals surface area contributed by atoms with Crippen LogP contribution in [0.1, 0.15) is 0 Å². The number of benzene rings is 4. The molecule has 0 aliphatic heterocycles. The minimum absolute atomic E-state index is 0.637. The van der Waals surface area contributed by atoms with E-state index in [1.165, 1.54) is 5.39 Å². The number of fused-ring (bicyclic) bond motifs is 7. The van der Waals surface area contributed by atoms with E-state index in [4.69, 9.17) is 8.83 Å². The summed E-state index contributed by atoms with van der Waals surface area (Å²) in [7, 11) is 0. The molecule has 5 nitrogen and oxygen atoms in total. The highest BCUT2D eigenvalue weighted by Crippen LogP contribution is 2.45. The van der Waals surface area contributed by atoms with E-state index in [1.807, 2.05) is 24.3 Å². The van der Waals surface area contributed by atoms with Crippen LogP contribution in [0.25, 0.3) is 54.8 Å². The first kappa shape index (κ1) is 20.1. The number of rotatable bonds is 3. The van der Waals surface area contributed by atoms with E-state index in [9.17, 15) is 0 Å². The van der Waals surface area contributed by atoms with Gasteiger partial charge in [0.05, 0.1) is 17.6 Å². The average Bonchev–Trinajstić information content (AvgIpc) is 3.52. The monoisotopic (exact) mass is 477 g/mol. The van der Waals surface area contributed by atoms with Crippen LogP contribution in [0.15, 0.2) is 124 Å². The Morgan fingerprint density at radius 3 is 2.41 bits per heavy atom. The summed E-state index contributed by atoms with van der Waals surface area (Å²) in [6, 6.07) is 33.4. The standard InChI is InChI=1S/C32H19N3O2/c1-2-8-22-20(6-1)7-3-11-27(22)35(21-13-14-29-26(18-21)25-10-5-16-34-32(25)37-29)28-12-4-9-24-23-15-17-33-19-30(23)36-31(24)28/h1-19H. The molecule has 0 bridgehead atoms. The molecule has 0 amide bonds. The summed E-state index contributed by atoms with van der Waals surface area (Å²) in [5.41, 5.74) is 6.05. The Morgan fingerprint density at radius 2 is 1.41 bits per heavy atom.